The van der Waals surface area contributed by atoms with Crippen LogP contribution in [0.3, 0.4) is 0 Å². The van der Waals surface area contributed by atoms with Gasteiger partial charge in [-0.3, -0.25) is 9.59 Å². The lowest BCUT2D eigenvalue weighted by molar-refractivity contribution is 0.0106. The van der Waals surface area contributed by atoms with E-state index in [0.29, 0.717) is 28.7 Å². The summed E-state index contributed by atoms with van der Waals surface area (Å²) in [4.78, 5) is 25.7. The van der Waals surface area contributed by atoms with Gasteiger partial charge in [-0.2, -0.15) is 0 Å². The predicted octanol–water partition coefficient (Wildman–Crippen LogP) is 3.90. The number of fused-ring (bicyclic) bond motifs is 1. The van der Waals surface area contributed by atoms with Gasteiger partial charge in [0.25, 0.3) is 0 Å². The van der Waals surface area contributed by atoms with E-state index in [-0.39, 0.29) is 23.8 Å². The average Bonchev–Trinajstić information content (AvgIpc) is 2.52. The second-order valence-corrected chi connectivity index (χ2v) is 6.05. The van der Waals surface area contributed by atoms with Crippen molar-refractivity contribution < 1.29 is 14.3 Å². The van der Waals surface area contributed by atoms with Crippen LogP contribution in [0.2, 0.25) is 0 Å². The number of carbonyl (C=O) groups excluding carboxylic acids is 2. The summed E-state index contributed by atoms with van der Waals surface area (Å²) in [5, 5.41) is 0. The van der Waals surface area contributed by atoms with Gasteiger partial charge in [0.15, 0.2) is 11.6 Å². The predicted molar refractivity (Wildman–Crippen MR) is 85.1 cm³/mol. The van der Waals surface area contributed by atoms with Gasteiger partial charge in [0.05, 0.1) is 12.2 Å². The van der Waals surface area contributed by atoms with Crippen molar-refractivity contribution in [3.63, 3.8) is 0 Å². The zero-order chi connectivity index (χ0) is 15.9. The fourth-order valence-electron chi connectivity index (χ4n) is 3.25. The molecule has 3 nitrogen and oxygen atoms in total. The number of Topliss-reactive ketones (excluding diaryl/α,β-unsaturated/α-hetero) is 2. The Labute approximate surface area is 130 Å². The van der Waals surface area contributed by atoms with Gasteiger partial charge in [0.1, 0.15) is 0 Å². The molecule has 0 N–H and O–H groups in total. The third-order valence-corrected chi connectivity index (χ3v) is 4.40. The van der Waals surface area contributed by atoms with E-state index in [4.69, 9.17) is 4.74 Å². The maximum absolute atomic E-state index is 12.8. The van der Waals surface area contributed by atoms with E-state index in [1.807, 2.05) is 6.92 Å². The molecule has 0 spiro atoms. The molecule has 0 bridgehead atoms. The average molecular weight is 296 g/mol. The van der Waals surface area contributed by atoms with Crippen LogP contribution in [0, 0.1) is 0 Å². The van der Waals surface area contributed by atoms with Crippen molar-refractivity contribution >= 4 is 11.6 Å². The van der Waals surface area contributed by atoms with Crippen molar-refractivity contribution in [2.75, 3.05) is 0 Å². The van der Waals surface area contributed by atoms with E-state index >= 15 is 0 Å². The number of benzene rings is 1. The summed E-state index contributed by atoms with van der Waals surface area (Å²) < 4.78 is 6.06. The number of ketones is 2. The maximum Gasteiger partial charge on any atom is 0.192 e. The van der Waals surface area contributed by atoms with Gasteiger partial charge >= 0.3 is 0 Å². The summed E-state index contributed by atoms with van der Waals surface area (Å²) in [6, 6.07) is 7.06. The number of rotatable bonds is 3. The Kier molecular flexibility index (Phi) is 3.83. The molecule has 0 radical (unpaired) electrons. The normalized spacial score (nSPS) is 24.1. The molecular weight excluding hydrogens is 276 g/mol. The fraction of sp³-hybridized carbons (Fsp3) is 0.368. The molecule has 0 saturated carbocycles. The number of hydrogen-bond acceptors (Lipinski definition) is 3. The van der Waals surface area contributed by atoms with Gasteiger partial charge in [-0.25, -0.2) is 0 Å². The number of carbonyl (C=O) groups is 2. The Hall–Kier alpha value is -2.00. The smallest absolute Gasteiger partial charge is 0.192 e. The van der Waals surface area contributed by atoms with Gasteiger partial charge < -0.3 is 4.74 Å². The first-order valence-corrected chi connectivity index (χ1v) is 7.77. The van der Waals surface area contributed by atoms with Crippen LogP contribution in [-0.2, 0) is 4.74 Å². The van der Waals surface area contributed by atoms with Crippen LogP contribution in [0.4, 0.5) is 0 Å². The number of hydrogen-bond donors (Lipinski definition) is 0. The lowest BCUT2D eigenvalue weighted by Crippen LogP contribution is -2.39. The summed E-state index contributed by atoms with van der Waals surface area (Å²) in [7, 11) is 0. The second-order valence-electron chi connectivity index (χ2n) is 6.05. The van der Waals surface area contributed by atoms with Crippen molar-refractivity contribution in [1.82, 2.24) is 0 Å². The molecule has 1 heterocycles. The van der Waals surface area contributed by atoms with Gasteiger partial charge in [-0.1, -0.05) is 49.8 Å². The quantitative estimate of drug-likeness (QED) is 0.795. The van der Waals surface area contributed by atoms with E-state index in [2.05, 4.69) is 13.5 Å². The van der Waals surface area contributed by atoms with E-state index in [9.17, 15) is 9.59 Å². The highest BCUT2D eigenvalue weighted by Crippen LogP contribution is 2.38. The fourth-order valence-corrected chi connectivity index (χ4v) is 3.25. The van der Waals surface area contributed by atoms with Crippen LogP contribution in [0.15, 0.2) is 47.6 Å². The lowest BCUT2D eigenvalue weighted by Gasteiger charge is -2.36. The monoisotopic (exact) mass is 296 g/mol. The molecule has 22 heavy (non-hydrogen) atoms. The van der Waals surface area contributed by atoms with E-state index < -0.39 is 0 Å². The first-order valence-electron chi connectivity index (χ1n) is 7.77. The van der Waals surface area contributed by atoms with Gasteiger partial charge in [0.2, 0.25) is 0 Å². The minimum absolute atomic E-state index is 0.0270. The Morgan fingerprint density at radius 3 is 2.45 bits per heavy atom. The first kappa shape index (κ1) is 14.9. The minimum atomic E-state index is -0.305. The summed E-state index contributed by atoms with van der Waals surface area (Å²) in [6.45, 7) is 7.91. The summed E-state index contributed by atoms with van der Waals surface area (Å²) in [5.74, 6) is -0.0790. The Morgan fingerprint density at radius 1 is 1.23 bits per heavy atom. The van der Waals surface area contributed by atoms with Crippen LogP contribution < -0.4 is 0 Å². The topological polar surface area (TPSA) is 43.4 Å². The van der Waals surface area contributed by atoms with Crippen LogP contribution in [0.5, 0.6) is 0 Å². The van der Waals surface area contributed by atoms with E-state index in [0.717, 1.165) is 18.4 Å². The van der Waals surface area contributed by atoms with Gasteiger partial charge in [-0.05, 0) is 13.3 Å². The van der Waals surface area contributed by atoms with Crippen molar-refractivity contribution in [2.24, 2.45) is 0 Å². The Bertz CT molecular complexity index is 696. The van der Waals surface area contributed by atoms with Gasteiger partial charge in [0, 0.05) is 28.7 Å². The summed E-state index contributed by atoms with van der Waals surface area (Å²) in [6.07, 6.45) is 1.60. The molecule has 1 aromatic rings. The van der Waals surface area contributed by atoms with E-state index in [1.165, 1.54) is 0 Å². The van der Waals surface area contributed by atoms with Crippen LogP contribution in [-0.4, -0.2) is 23.8 Å². The molecule has 3 rings (SSSR count). The van der Waals surface area contributed by atoms with Crippen LogP contribution in [0.1, 0.15) is 53.8 Å². The molecule has 1 aliphatic carbocycles. The maximum atomic E-state index is 12.8. The zero-order valence-corrected chi connectivity index (χ0v) is 13.0. The van der Waals surface area contributed by atoms with Crippen molar-refractivity contribution in [1.29, 1.82) is 0 Å². The molecule has 0 saturated heterocycles. The molecule has 2 aliphatic rings. The number of ether oxygens (including phenoxy) is 1. The SMILES string of the molecule is C=C(C)[C@@H]1CC2=C(C(=O)c3ccccc3C2=O)[C@@H](CCC)O1. The standard InChI is InChI=1S/C19H20O3/c1-4-7-15-17-14(10-16(22-15)11(2)3)18(20)12-8-5-6-9-13(12)19(17)21/h5-6,8-9,15-16H,2,4,7,10H2,1,3H3/t15-,16+/m1/s1. The molecule has 0 aromatic heterocycles. The van der Waals surface area contributed by atoms with Crippen molar-refractivity contribution in [2.45, 2.75) is 45.3 Å². The molecule has 2 atom stereocenters. The third kappa shape index (κ3) is 2.26. The summed E-state index contributed by atoms with van der Waals surface area (Å²) >= 11 is 0. The van der Waals surface area contributed by atoms with Crippen LogP contribution >= 0.6 is 0 Å². The van der Waals surface area contributed by atoms with Crippen molar-refractivity contribution in [3.05, 3.63) is 58.7 Å². The van der Waals surface area contributed by atoms with Crippen LogP contribution in [0.25, 0.3) is 0 Å². The largest absolute Gasteiger partial charge is 0.365 e. The zero-order valence-electron chi connectivity index (χ0n) is 13.0. The Morgan fingerprint density at radius 2 is 1.86 bits per heavy atom. The second kappa shape index (κ2) is 5.65. The molecule has 114 valence electrons. The Balaban J connectivity index is 2.12. The molecular formula is C19H20O3. The highest BCUT2D eigenvalue weighted by molar-refractivity contribution is 6.27. The first-order chi connectivity index (χ1) is 10.5. The summed E-state index contributed by atoms with van der Waals surface area (Å²) in [5.41, 5.74) is 3.12. The molecule has 0 unspecified atom stereocenters. The molecule has 1 aliphatic heterocycles. The minimum Gasteiger partial charge on any atom is -0.365 e. The molecule has 0 amide bonds. The molecule has 1 aromatic carbocycles. The lowest BCUT2D eigenvalue weighted by atomic mass is 9.77. The third-order valence-electron chi connectivity index (χ3n) is 4.40. The highest BCUT2D eigenvalue weighted by Gasteiger charge is 2.40. The van der Waals surface area contributed by atoms with Crippen molar-refractivity contribution in [3.8, 4) is 0 Å². The van der Waals surface area contributed by atoms with Gasteiger partial charge in [-0.15, -0.1) is 0 Å². The van der Waals surface area contributed by atoms with E-state index in [1.54, 1.807) is 24.3 Å². The molecule has 0 fully saturated rings. The highest BCUT2D eigenvalue weighted by atomic mass is 16.5. The molecule has 3 heteroatoms.